The average molecular weight is 309 g/mol. The lowest BCUT2D eigenvalue weighted by atomic mass is 10.0. The summed E-state index contributed by atoms with van der Waals surface area (Å²) in [7, 11) is 0. The number of fused-ring (bicyclic) bond motifs is 1. The van der Waals surface area contributed by atoms with E-state index in [9.17, 15) is 4.79 Å². The topological polar surface area (TPSA) is 26.3 Å². The fourth-order valence-corrected chi connectivity index (χ4v) is 2.34. The van der Waals surface area contributed by atoms with E-state index in [1.54, 1.807) is 24.3 Å². The van der Waals surface area contributed by atoms with Gasteiger partial charge in [0.25, 0.3) is 0 Å². The lowest BCUT2D eigenvalue weighted by Crippen LogP contribution is -1.96. The third kappa shape index (κ3) is 3.18. The molecule has 108 valence electrons. The minimum atomic E-state index is -0.0919. The molecule has 0 radical (unpaired) electrons. The molecule has 3 heteroatoms. The monoisotopic (exact) mass is 308 g/mol. The van der Waals surface area contributed by atoms with Crippen molar-refractivity contribution in [3.05, 3.63) is 89.7 Å². The first-order valence-corrected chi connectivity index (χ1v) is 7.23. The highest BCUT2D eigenvalue weighted by Crippen LogP contribution is 2.19. The molecule has 0 N–H and O–H groups in total. The van der Waals surface area contributed by atoms with Crippen LogP contribution >= 0.6 is 11.6 Å². The Bertz CT molecular complexity index is 830. The van der Waals surface area contributed by atoms with Crippen LogP contribution in [0.4, 0.5) is 0 Å². The van der Waals surface area contributed by atoms with Crippen LogP contribution in [-0.4, -0.2) is 5.78 Å². The van der Waals surface area contributed by atoms with E-state index < -0.39 is 0 Å². The van der Waals surface area contributed by atoms with Crippen molar-refractivity contribution in [1.29, 1.82) is 0 Å². The first-order valence-electron chi connectivity index (χ1n) is 6.85. The summed E-state index contributed by atoms with van der Waals surface area (Å²) in [6.45, 7) is 0. The third-order valence-electron chi connectivity index (χ3n) is 3.29. The predicted octanol–water partition coefficient (Wildman–Crippen LogP) is 5.27. The number of benzene rings is 3. The van der Waals surface area contributed by atoms with Crippen molar-refractivity contribution in [3.8, 4) is 5.75 Å². The van der Waals surface area contributed by atoms with Crippen LogP contribution in [0.1, 0.15) is 10.4 Å². The molecule has 0 aliphatic rings. The van der Waals surface area contributed by atoms with E-state index in [4.69, 9.17) is 16.3 Å². The van der Waals surface area contributed by atoms with Crippen molar-refractivity contribution in [2.45, 2.75) is 0 Å². The predicted molar refractivity (Wildman–Crippen MR) is 89.5 cm³/mol. The van der Waals surface area contributed by atoms with Crippen LogP contribution in [0.2, 0.25) is 5.02 Å². The number of ether oxygens (including phenoxy) is 1. The molecule has 0 amide bonds. The number of carbonyl (C=O) groups excluding carboxylic acids is 1. The molecular weight excluding hydrogens is 296 g/mol. The van der Waals surface area contributed by atoms with E-state index in [0.29, 0.717) is 16.3 Å². The van der Waals surface area contributed by atoms with E-state index in [0.717, 1.165) is 10.8 Å². The molecule has 0 aliphatic carbocycles. The van der Waals surface area contributed by atoms with Crippen LogP contribution in [0.25, 0.3) is 10.8 Å². The molecule has 0 heterocycles. The van der Waals surface area contributed by atoms with E-state index in [1.165, 1.54) is 12.3 Å². The van der Waals surface area contributed by atoms with Gasteiger partial charge in [0, 0.05) is 16.7 Å². The first-order chi connectivity index (χ1) is 10.7. The molecule has 0 aromatic heterocycles. The summed E-state index contributed by atoms with van der Waals surface area (Å²) >= 11 is 5.80. The van der Waals surface area contributed by atoms with Gasteiger partial charge in [-0.1, -0.05) is 54.1 Å². The summed E-state index contributed by atoms with van der Waals surface area (Å²) in [5, 5.41) is 2.62. The second-order valence-corrected chi connectivity index (χ2v) is 5.20. The average Bonchev–Trinajstić information content (AvgIpc) is 2.56. The van der Waals surface area contributed by atoms with Gasteiger partial charge in [0.15, 0.2) is 5.78 Å². The molecule has 0 saturated carbocycles. The molecule has 3 aromatic rings. The summed E-state index contributed by atoms with van der Waals surface area (Å²) in [5.41, 5.74) is 0.661. The van der Waals surface area contributed by atoms with Crippen LogP contribution in [0, 0.1) is 0 Å². The van der Waals surface area contributed by atoms with E-state index in [2.05, 4.69) is 0 Å². The van der Waals surface area contributed by atoms with Crippen molar-refractivity contribution >= 4 is 28.2 Å². The molecular formula is C19H13ClO2. The molecule has 2 nitrogen and oxygen atoms in total. The number of hydrogen-bond acceptors (Lipinski definition) is 2. The Balaban J connectivity index is 1.78. The number of carbonyl (C=O) groups is 1. The Morgan fingerprint density at radius 2 is 1.64 bits per heavy atom. The van der Waals surface area contributed by atoms with Crippen molar-refractivity contribution in [3.63, 3.8) is 0 Å². The zero-order valence-electron chi connectivity index (χ0n) is 11.7. The van der Waals surface area contributed by atoms with Crippen molar-refractivity contribution in [1.82, 2.24) is 0 Å². The fraction of sp³-hybridized carbons (Fsp3) is 0. The Hall–Kier alpha value is -2.58. The van der Waals surface area contributed by atoms with Crippen LogP contribution in [0.5, 0.6) is 5.75 Å². The molecule has 22 heavy (non-hydrogen) atoms. The quantitative estimate of drug-likeness (QED) is 0.373. The minimum Gasteiger partial charge on any atom is -0.465 e. The molecule has 0 aliphatic heterocycles. The maximum Gasteiger partial charge on any atom is 0.189 e. The number of halogens is 1. The Kier molecular flexibility index (Phi) is 4.22. The van der Waals surface area contributed by atoms with Gasteiger partial charge in [-0.25, -0.2) is 0 Å². The normalized spacial score (nSPS) is 11.0. The number of ketones is 1. The summed E-state index contributed by atoms with van der Waals surface area (Å²) in [4.78, 5) is 12.3. The number of rotatable bonds is 4. The lowest BCUT2D eigenvalue weighted by Gasteiger charge is -2.03. The molecule has 3 aromatic carbocycles. The largest absolute Gasteiger partial charge is 0.465 e. The van der Waals surface area contributed by atoms with Crippen LogP contribution < -0.4 is 4.74 Å². The standard InChI is InChI=1S/C19H13ClO2/c20-15-8-10-16(11-9-15)22-13-12-19(21)18-7-3-5-14-4-1-2-6-17(14)18/h1-13H/b13-12+. The van der Waals surface area contributed by atoms with Gasteiger partial charge in [-0.3, -0.25) is 4.79 Å². The van der Waals surface area contributed by atoms with Gasteiger partial charge in [-0.2, -0.15) is 0 Å². The van der Waals surface area contributed by atoms with E-state index in [-0.39, 0.29) is 5.78 Å². The summed E-state index contributed by atoms with van der Waals surface area (Å²) in [6.07, 6.45) is 2.82. The van der Waals surface area contributed by atoms with Crippen molar-refractivity contribution < 1.29 is 9.53 Å². The van der Waals surface area contributed by atoms with Crippen molar-refractivity contribution in [2.24, 2.45) is 0 Å². The maximum absolute atomic E-state index is 12.3. The van der Waals surface area contributed by atoms with Gasteiger partial charge in [-0.15, -0.1) is 0 Å². The van der Waals surface area contributed by atoms with Gasteiger partial charge in [0.1, 0.15) is 5.75 Å². The van der Waals surface area contributed by atoms with Crippen LogP contribution in [0.3, 0.4) is 0 Å². The molecule has 3 rings (SSSR count). The second kappa shape index (κ2) is 6.46. The third-order valence-corrected chi connectivity index (χ3v) is 3.54. The van der Waals surface area contributed by atoms with E-state index in [1.807, 2.05) is 42.5 Å². The van der Waals surface area contributed by atoms with E-state index >= 15 is 0 Å². The molecule has 0 spiro atoms. The Morgan fingerprint density at radius 1 is 0.909 bits per heavy atom. The highest BCUT2D eigenvalue weighted by atomic mass is 35.5. The van der Waals surface area contributed by atoms with Crippen LogP contribution in [0.15, 0.2) is 79.1 Å². The summed E-state index contributed by atoms with van der Waals surface area (Å²) in [6, 6.07) is 20.4. The zero-order chi connectivity index (χ0) is 15.4. The SMILES string of the molecule is O=C(/C=C/Oc1ccc(Cl)cc1)c1cccc2ccccc12. The minimum absolute atomic E-state index is 0.0919. The second-order valence-electron chi connectivity index (χ2n) is 4.77. The zero-order valence-corrected chi connectivity index (χ0v) is 12.5. The highest BCUT2D eigenvalue weighted by Gasteiger charge is 2.06. The molecule has 0 unspecified atom stereocenters. The van der Waals surface area contributed by atoms with Gasteiger partial charge in [-0.05, 0) is 35.0 Å². The maximum atomic E-state index is 12.3. The molecule has 0 atom stereocenters. The lowest BCUT2D eigenvalue weighted by molar-refractivity contribution is 0.104. The van der Waals surface area contributed by atoms with Crippen molar-refractivity contribution in [2.75, 3.05) is 0 Å². The smallest absolute Gasteiger partial charge is 0.189 e. The number of allylic oxidation sites excluding steroid dienone is 1. The van der Waals surface area contributed by atoms with Gasteiger partial charge in [0.2, 0.25) is 0 Å². The van der Waals surface area contributed by atoms with Gasteiger partial charge in [0.05, 0.1) is 6.26 Å². The number of hydrogen-bond donors (Lipinski definition) is 0. The van der Waals surface area contributed by atoms with Crippen LogP contribution in [-0.2, 0) is 0 Å². The first kappa shape index (κ1) is 14.4. The Labute approximate surface area is 133 Å². The fourth-order valence-electron chi connectivity index (χ4n) is 2.22. The molecule has 0 saturated heterocycles. The molecule has 0 fully saturated rings. The summed E-state index contributed by atoms with van der Waals surface area (Å²) < 4.78 is 5.41. The molecule has 0 bridgehead atoms. The Morgan fingerprint density at radius 3 is 2.45 bits per heavy atom. The van der Waals surface area contributed by atoms with Gasteiger partial charge < -0.3 is 4.74 Å². The van der Waals surface area contributed by atoms with Gasteiger partial charge >= 0.3 is 0 Å². The highest BCUT2D eigenvalue weighted by molar-refractivity contribution is 6.30. The summed E-state index contributed by atoms with van der Waals surface area (Å²) in [5.74, 6) is 0.539.